The molecule has 2 heterocycles. The highest BCUT2D eigenvalue weighted by Crippen LogP contribution is 2.23. The molecule has 6 heteroatoms. The van der Waals surface area contributed by atoms with E-state index in [2.05, 4.69) is 10.5 Å². The lowest BCUT2D eigenvalue weighted by atomic mass is 10.1. The molecule has 2 aromatic carbocycles. The molecule has 0 radical (unpaired) electrons. The fourth-order valence-corrected chi connectivity index (χ4v) is 2.91. The normalized spacial score (nSPS) is 11.0. The molecule has 28 heavy (non-hydrogen) atoms. The van der Waals surface area contributed by atoms with Crippen LogP contribution < -0.4 is 10.2 Å². The van der Waals surface area contributed by atoms with Crippen LogP contribution in [-0.2, 0) is 0 Å². The SMILES string of the molecule is COc1ccc(C(=O)N/N=C/c2c(-c3ccccc3)nc3ccccn23)cc1. The van der Waals surface area contributed by atoms with E-state index in [0.29, 0.717) is 11.3 Å². The smallest absolute Gasteiger partial charge is 0.271 e. The lowest BCUT2D eigenvalue weighted by Gasteiger charge is -2.03. The number of rotatable bonds is 5. The number of hydrazone groups is 1. The molecule has 0 aliphatic rings. The first-order valence-electron chi connectivity index (χ1n) is 8.76. The van der Waals surface area contributed by atoms with Crippen molar-refractivity contribution in [3.8, 4) is 17.0 Å². The number of nitrogens with one attached hydrogen (secondary N) is 1. The van der Waals surface area contributed by atoms with E-state index in [1.165, 1.54) is 0 Å². The van der Waals surface area contributed by atoms with E-state index >= 15 is 0 Å². The number of nitrogens with zero attached hydrogens (tertiary/aromatic N) is 3. The summed E-state index contributed by atoms with van der Waals surface area (Å²) in [4.78, 5) is 17.0. The Morgan fingerprint density at radius 3 is 2.54 bits per heavy atom. The van der Waals surface area contributed by atoms with Gasteiger partial charge in [0.1, 0.15) is 11.4 Å². The Hall–Kier alpha value is -3.93. The Morgan fingerprint density at radius 1 is 1.04 bits per heavy atom. The summed E-state index contributed by atoms with van der Waals surface area (Å²) in [6.45, 7) is 0. The first kappa shape index (κ1) is 17.5. The van der Waals surface area contributed by atoms with E-state index in [1.807, 2.05) is 59.1 Å². The summed E-state index contributed by atoms with van der Waals surface area (Å²) in [6, 6.07) is 22.5. The van der Waals surface area contributed by atoms with E-state index in [0.717, 1.165) is 22.6 Å². The van der Waals surface area contributed by atoms with Crippen LogP contribution in [0.25, 0.3) is 16.9 Å². The van der Waals surface area contributed by atoms with Crippen LogP contribution >= 0.6 is 0 Å². The van der Waals surface area contributed by atoms with Crippen LogP contribution in [0.5, 0.6) is 5.75 Å². The number of ether oxygens (including phenoxy) is 1. The average Bonchev–Trinajstić information content (AvgIpc) is 3.13. The first-order valence-corrected chi connectivity index (χ1v) is 8.76. The molecule has 6 nitrogen and oxygen atoms in total. The van der Waals surface area contributed by atoms with Gasteiger partial charge >= 0.3 is 0 Å². The third-order valence-corrected chi connectivity index (χ3v) is 4.32. The van der Waals surface area contributed by atoms with Gasteiger partial charge in [-0.1, -0.05) is 36.4 Å². The number of methoxy groups -OCH3 is 1. The van der Waals surface area contributed by atoms with Gasteiger partial charge in [-0.25, -0.2) is 10.4 Å². The van der Waals surface area contributed by atoms with E-state index in [9.17, 15) is 4.79 Å². The average molecular weight is 370 g/mol. The summed E-state index contributed by atoms with van der Waals surface area (Å²) >= 11 is 0. The summed E-state index contributed by atoms with van der Waals surface area (Å²) in [5.74, 6) is 0.396. The summed E-state index contributed by atoms with van der Waals surface area (Å²) in [7, 11) is 1.58. The molecule has 2 aromatic heterocycles. The van der Waals surface area contributed by atoms with Crippen molar-refractivity contribution in [2.45, 2.75) is 0 Å². The van der Waals surface area contributed by atoms with Crippen molar-refractivity contribution < 1.29 is 9.53 Å². The molecule has 4 rings (SSSR count). The van der Waals surface area contributed by atoms with Crippen molar-refractivity contribution in [2.75, 3.05) is 7.11 Å². The third-order valence-electron chi connectivity index (χ3n) is 4.32. The van der Waals surface area contributed by atoms with Gasteiger partial charge in [0.2, 0.25) is 0 Å². The lowest BCUT2D eigenvalue weighted by molar-refractivity contribution is 0.0955. The van der Waals surface area contributed by atoms with E-state index in [1.54, 1.807) is 37.6 Å². The number of amides is 1. The van der Waals surface area contributed by atoms with Crippen LogP contribution in [0, 0.1) is 0 Å². The number of aromatic nitrogens is 2. The largest absolute Gasteiger partial charge is 0.497 e. The van der Waals surface area contributed by atoms with Gasteiger partial charge in [-0.3, -0.25) is 9.20 Å². The van der Waals surface area contributed by atoms with E-state index in [-0.39, 0.29) is 5.91 Å². The number of imidazole rings is 1. The van der Waals surface area contributed by atoms with Crippen molar-refractivity contribution in [2.24, 2.45) is 5.10 Å². The molecule has 0 bridgehead atoms. The molecule has 1 amide bonds. The predicted molar refractivity (Wildman–Crippen MR) is 109 cm³/mol. The first-order chi connectivity index (χ1) is 13.8. The van der Waals surface area contributed by atoms with Crippen molar-refractivity contribution >= 4 is 17.8 Å². The van der Waals surface area contributed by atoms with Gasteiger partial charge in [0.25, 0.3) is 5.91 Å². The van der Waals surface area contributed by atoms with Gasteiger partial charge in [0.15, 0.2) is 0 Å². The second-order valence-electron chi connectivity index (χ2n) is 6.07. The van der Waals surface area contributed by atoms with Crippen LogP contribution in [0.3, 0.4) is 0 Å². The van der Waals surface area contributed by atoms with Gasteiger partial charge in [-0.15, -0.1) is 0 Å². The molecule has 138 valence electrons. The van der Waals surface area contributed by atoms with Gasteiger partial charge in [0.05, 0.1) is 24.7 Å². The van der Waals surface area contributed by atoms with Crippen LogP contribution in [0.15, 0.2) is 84.1 Å². The minimum atomic E-state index is -0.297. The van der Waals surface area contributed by atoms with Gasteiger partial charge in [-0.2, -0.15) is 5.10 Å². The minimum Gasteiger partial charge on any atom is -0.497 e. The van der Waals surface area contributed by atoms with E-state index < -0.39 is 0 Å². The van der Waals surface area contributed by atoms with Gasteiger partial charge in [0, 0.05) is 17.3 Å². The number of benzene rings is 2. The maximum atomic E-state index is 12.3. The maximum absolute atomic E-state index is 12.3. The fraction of sp³-hybridized carbons (Fsp3) is 0.0455. The number of carbonyl (C=O) groups is 1. The third kappa shape index (κ3) is 3.48. The van der Waals surface area contributed by atoms with Crippen LogP contribution in [0.2, 0.25) is 0 Å². The van der Waals surface area contributed by atoms with Crippen molar-refractivity contribution in [1.29, 1.82) is 0 Å². The predicted octanol–water partition coefficient (Wildman–Crippen LogP) is 3.77. The highest BCUT2D eigenvalue weighted by Gasteiger charge is 2.12. The van der Waals surface area contributed by atoms with Gasteiger partial charge < -0.3 is 4.74 Å². The highest BCUT2D eigenvalue weighted by atomic mass is 16.5. The van der Waals surface area contributed by atoms with Crippen LogP contribution in [0.4, 0.5) is 0 Å². The summed E-state index contributed by atoms with van der Waals surface area (Å²) in [5.41, 5.74) is 6.45. The van der Waals surface area contributed by atoms with Crippen molar-refractivity contribution in [3.63, 3.8) is 0 Å². The number of carbonyl (C=O) groups excluding carboxylic acids is 1. The second kappa shape index (κ2) is 7.75. The standard InChI is InChI=1S/C22H18N4O2/c1-28-18-12-10-17(11-13-18)22(27)25-23-15-19-21(16-7-3-2-4-8-16)24-20-9-5-6-14-26(19)20/h2-15H,1H3,(H,25,27)/b23-15+. The summed E-state index contributed by atoms with van der Waals surface area (Å²) in [5, 5.41) is 4.15. The Kier molecular flexibility index (Phi) is 4.84. The zero-order chi connectivity index (χ0) is 19.3. The molecule has 0 spiro atoms. The molecule has 0 fully saturated rings. The molecule has 0 aliphatic heterocycles. The molecule has 0 unspecified atom stereocenters. The van der Waals surface area contributed by atoms with Crippen LogP contribution in [0.1, 0.15) is 16.1 Å². The zero-order valence-corrected chi connectivity index (χ0v) is 15.2. The van der Waals surface area contributed by atoms with Crippen molar-refractivity contribution in [3.05, 3.63) is 90.3 Å². The molecule has 0 saturated heterocycles. The number of hydrogen-bond acceptors (Lipinski definition) is 4. The Labute approximate surface area is 162 Å². The Balaban J connectivity index is 1.62. The molecule has 4 aromatic rings. The number of fused-ring (bicyclic) bond motifs is 1. The number of hydrogen-bond donors (Lipinski definition) is 1. The molecule has 0 saturated carbocycles. The Bertz CT molecular complexity index is 1130. The van der Waals surface area contributed by atoms with Crippen LogP contribution in [-0.4, -0.2) is 28.6 Å². The summed E-state index contributed by atoms with van der Waals surface area (Å²) in [6.07, 6.45) is 3.53. The molecular weight excluding hydrogens is 352 g/mol. The monoisotopic (exact) mass is 370 g/mol. The molecule has 1 N–H and O–H groups in total. The van der Waals surface area contributed by atoms with Crippen molar-refractivity contribution in [1.82, 2.24) is 14.8 Å². The topological polar surface area (TPSA) is 68.0 Å². The maximum Gasteiger partial charge on any atom is 0.271 e. The number of pyridine rings is 1. The minimum absolute atomic E-state index is 0.297. The Morgan fingerprint density at radius 2 is 1.79 bits per heavy atom. The van der Waals surface area contributed by atoms with E-state index in [4.69, 9.17) is 9.72 Å². The fourth-order valence-electron chi connectivity index (χ4n) is 2.91. The molecule has 0 atom stereocenters. The second-order valence-corrected chi connectivity index (χ2v) is 6.07. The lowest BCUT2D eigenvalue weighted by Crippen LogP contribution is -2.17. The quantitative estimate of drug-likeness (QED) is 0.429. The highest BCUT2D eigenvalue weighted by molar-refractivity contribution is 5.95. The molecular formula is C22H18N4O2. The molecule has 0 aliphatic carbocycles. The summed E-state index contributed by atoms with van der Waals surface area (Å²) < 4.78 is 7.04. The van der Waals surface area contributed by atoms with Gasteiger partial charge in [-0.05, 0) is 36.4 Å². The zero-order valence-electron chi connectivity index (χ0n) is 15.2.